The lowest BCUT2D eigenvalue weighted by Crippen LogP contribution is -2.53. The Labute approximate surface area is 793 Å². The van der Waals surface area contributed by atoms with Gasteiger partial charge in [0.15, 0.2) is 0 Å². The molecule has 0 bridgehead atoms. The fraction of sp³-hybridized carbons (Fsp3) is 0.731. The number of esters is 3. The lowest BCUT2D eigenvalue weighted by atomic mass is 9.84. The molecule has 0 saturated heterocycles. The van der Waals surface area contributed by atoms with Crippen LogP contribution in [0.3, 0.4) is 0 Å². The molecule has 1 heterocycles. The van der Waals surface area contributed by atoms with Crippen LogP contribution in [-0.2, 0) is 127 Å². The zero-order valence-corrected chi connectivity index (χ0v) is 83.0. The molecule has 132 heavy (non-hydrogen) atoms. The largest absolute Gasteiger partial charge is 0.460 e. The molecule has 4 atom stereocenters. The zero-order chi connectivity index (χ0) is 97.9. The molecule has 0 aliphatic heterocycles. The van der Waals surface area contributed by atoms with Crippen LogP contribution in [0.5, 0.6) is 0 Å². The average Bonchev–Trinajstić information content (AvgIpc) is 1.68. The number of alkyl carbamates (subject to hydrolysis) is 1. The van der Waals surface area contributed by atoms with Gasteiger partial charge in [-0.15, -0.1) is 5.10 Å². The van der Waals surface area contributed by atoms with E-state index in [2.05, 4.69) is 99.7 Å². The van der Waals surface area contributed by atoms with Crippen LogP contribution in [-0.4, -0.2) is 293 Å². The maximum absolute atomic E-state index is 13.4. The lowest BCUT2D eigenvalue weighted by molar-refractivity contribution is -0.192. The molecule has 0 unspecified atom stereocenters. The van der Waals surface area contributed by atoms with Gasteiger partial charge in [-0.05, 0) is 212 Å². The second-order valence-corrected chi connectivity index (χ2v) is 37.2. The number of unbranched alkanes of at least 4 members (excludes halogenated alkanes) is 3. The number of urea groups is 2. The summed E-state index contributed by atoms with van der Waals surface area (Å²) in [6, 6.07) is 12.3. The number of carbonyl (C=O) groups is 10. The summed E-state index contributed by atoms with van der Waals surface area (Å²) in [4.78, 5) is 145. The van der Waals surface area contributed by atoms with E-state index < -0.39 is 82.0 Å². The first-order chi connectivity index (χ1) is 62.6. The molecule has 3 aromatic rings. The Morgan fingerprint density at radius 1 is 0.424 bits per heavy atom. The van der Waals surface area contributed by atoms with Crippen LogP contribution in [0.15, 0.2) is 54.7 Å². The first-order valence-electron chi connectivity index (χ1n) is 45.8. The molecule has 0 saturated carbocycles. The minimum atomic E-state index is -0.967. The molecule has 8 amide bonds. The van der Waals surface area contributed by atoms with Crippen molar-refractivity contribution in [2.24, 2.45) is 11.3 Å². The minimum absolute atomic E-state index is 0.00610. The van der Waals surface area contributed by atoms with Crippen molar-refractivity contribution in [3.63, 3.8) is 0 Å². The number of carbonyl (C=O) groups excluding carboxylic acids is 12. The van der Waals surface area contributed by atoms with E-state index in [4.69, 9.17) is 80.6 Å². The van der Waals surface area contributed by atoms with Crippen LogP contribution in [0, 0.1) is 14.9 Å². The molecule has 750 valence electrons. The number of benzene rings is 2. The van der Waals surface area contributed by atoms with E-state index in [1.807, 2.05) is 26.8 Å². The predicted octanol–water partition coefficient (Wildman–Crippen LogP) is 10.3. The van der Waals surface area contributed by atoms with Gasteiger partial charge >= 0.3 is 42.2 Å². The molecular formula is C93H154IN11O27. The molecule has 0 aliphatic carbocycles. The van der Waals surface area contributed by atoms with Gasteiger partial charge in [0, 0.05) is 85.1 Å². The fourth-order valence-electron chi connectivity index (χ4n) is 12.2. The fourth-order valence-corrected chi connectivity index (χ4v) is 12.6. The van der Waals surface area contributed by atoms with Gasteiger partial charge in [0.25, 0.3) is 0 Å². The summed E-state index contributed by atoms with van der Waals surface area (Å²) < 4.78 is 86.9. The topological polar surface area (TPSA) is 470 Å². The predicted molar refractivity (Wildman–Crippen MR) is 500 cm³/mol. The summed E-state index contributed by atoms with van der Waals surface area (Å²) in [5.41, 5.74) is 0.00288. The standard InChI is InChI=1S/C92H154IN11O25.CO2/c1-88(2,3)78(35-36-81(108)126-89(4,5)6)102-86(113)101-76(84(111)128-91(10,11)12)29-18-21-40-96-85(112)99-73-27-23-26-70(66-73)77-68-98-103-104(77)43-47-118-51-55-119-52-48-115-44-37-74(105)67-71(25-16-19-41-97-87(114)129-92(13,14)15)82(109)95-42-46-117-50-54-121-57-59-123-61-63-125-65-64-124-62-60-122-58-56-120-53-49-116-45-38-80(107)100-75(83(110)127-90(7,8)9)28-17-20-39-94-79(106)30-22-24-69-31-33-72(93)34-32-69;2-1-3/h23,26-27,31-34,66,68,71,75-76,78H,16-22,24-25,28-30,35-65,67H2,1-15H3,(H,94,106)(H,95,109)(H,97,114)(H,100,107)(H2,96,99,112)(H2,101,102,113);/t71-,75+,76+,78+;/m1./s1. The molecule has 2 aromatic carbocycles. The van der Waals surface area contributed by atoms with E-state index in [9.17, 15) is 47.9 Å². The number of hydrogen-bond acceptors (Lipinski definition) is 29. The molecule has 38 nitrogen and oxygen atoms in total. The van der Waals surface area contributed by atoms with Crippen molar-refractivity contribution in [1.82, 2.24) is 52.2 Å². The third-order valence-electron chi connectivity index (χ3n) is 18.5. The normalized spacial score (nSPS) is 12.6. The number of Topliss-reactive ketones (excluding diaryl/α,β-unsaturated/α-hetero) is 1. The van der Waals surface area contributed by atoms with Gasteiger partial charge < -0.3 is 114 Å². The molecule has 0 spiro atoms. The van der Waals surface area contributed by atoms with Gasteiger partial charge in [-0.25, -0.2) is 28.7 Å². The van der Waals surface area contributed by atoms with Gasteiger partial charge in [-0.2, -0.15) is 9.59 Å². The number of rotatable bonds is 71. The molecule has 8 N–H and O–H groups in total. The highest BCUT2D eigenvalue weighted by Gasteiger charge is 2.33. The number of hydrogen-bond donors (Lipinski definition) is 8. The van der Waals surface area contributed by atoms with E-state index in [0.717, 1.165) is 18.4 Å². The van der Waals surface area contributed by atoms with Crippen molar-refractivity contribution in [3.8, 4) is 11.3 Å². The second-order valence-electron chi connectivity index (χ2n) is 36.0. The first-order valence-corrected chi connectivity index (χ1v) is 46.9. The number of halogens is 1. The number of nitrogens with zero attached hydrogens (tertiary/aromatic N) is 3. The Balaban J connectivity index is 0.0000194. The summed E-state index contributed by atoms with van der Waals surface area (Å²) in [5.74, 6) is -2.77. The highest BCUT2D eigenvalue weighted by Crippen LogP contribution is 2.26. The number of anilines is 1. The van der Waals surface area contributed by atoms with Crippen LogP contribution in [0.2, 0.25) is 0 Å². The second kappa shape index (κ2) is 70.2. The van der Waals surface area contributed by atoms with Gasteiger partial charge in [0.05, 0.1) is 164 Å². The van der Waals surface area contributed by atoms with E-state index in [1.54, 1.807) is 112 Å². The zero-order valence-electron chi connectivity index (χ0n) is 80.9. The van der Waals surface area contributed by atoms with Gasteiger partial charge in [-0.1, -0.05) is 56.7 Å². The average molecular weight is 1990 g/mol. The number of nitrogens with one attached hydrogen (secondary N) is 8. The van der Waals surface area contributed by atoms with Crippen molar-refractivity contribution in [1.29, 1.82) is 0 Å². The Kier molecular flexibility index (Phi) is 63.7. The van der Waals surface area contributed by atoms with Crippen LogP contribution in [0.1, 0.15) is 212 Å². The quantitative estimate of drug-likeness (QED) is 0.0113. The van der Waals surface area contributed by atoms with Crippen molar-refractivity contribution in [3.05, 3.63) is 63.9 Å². The number of aryl methyl sites for hydroxylation is 1. The van der Waals surface area contributed by atoms with Crippen LogP contribution >= 0.6 is 22.6 Å². The summed E-state index contributed by atoms with van der Waals surface area (Å²) in [5, 5.41) is 31.2. The van der Waals surface area contributed by atoms with Gasteiger partial charge in [-0.3, -0.25) is 24.0 Å². The Morgan fingerprint density at radius 3 is 1.38 bits per heavy atom. The molecular weight excluding hydrogens is 1830 g/mol. The Hall–Kier alpha value is -8.45. The maximum atomic E-state index is 13.4. The molecule has 1 aromatic heterocycles. The number of amides is 8. The van der Waals surface area contributed by atoms with Crippen molar-refractivity contribution in [2.75, 3.05) is 177 Å². The first kappa shape index (κ1) is 120. The summed E-state index contributed by atoms with van der Waals surface area (Å²) in [6.45, 7) is 35.9. The van der Waals surface area contributed by atoms with Crippen molar-refractivity contribution < 1.29 is 129 Å². The SMILES string of the molecule is CC(C)(C)OC(=O)CC[C@H](NC(=O)N[C@@H](CCCCNC(=O)Nc1cccc(-c2cnnn2CCOCCOCCOCCC(=O)C[C@@H](CCCCNC(=O)OC(C)(C)C)C(=O)NCCOCCOCCOCCOCCOCCOCCOCCOCCC(=O)N[C@@H](CCCCNC(=O)CCCc2ccc(I)cc2)C(=O)OC(C)(C)C)c1)C(=O)OC(C)(C)C)C(C)(C)C.O=C=O. The summed E-state index contributed by atoms with van der Waals surface area (Å²) >= 11 is 2.27. The summed E-state index contributed by atoms with van der Waals surface area (Å²) in [6.07, 6.45) is 8.46. The lowest BCUT2D eigenvalue weighted by Gasteiger charge is -2.32. The number of ketones is 1. The van der Waals surface area contributed by atoms with E-state index in [0.29, 0.717) is 201 Å². The van der Waals surface area contributed by atoms with E-state index >= 15 is 0 Å². The van der Waals surface area contributed by atoms with Crippen LogP contribution < -0.4 is 42.5 Å². The van der Waals surface area contributed by atoms with Gasteiger partial charge in [0.1, 0.15) is 40.3 Å². The third-order valence-corrected chi connectivity index (χ3v) is 19.2. The van der Waals surface area contributed by atoms with Gasteiger partial charge in [0.2, 0.25) is 17.7 Å². The highest BCUT2D eigenvalue weighted by molar-refractivity contribution is 14.1. The molecule has 0 radical (unpaired) electrons. The highest BCUT2D eigenvalue weighted by atomic mass is 127. The third kappa shape index (κ3) is 66.9. The Bertz CT molecular complexity index is 3750. The van der Waals surface area contributed by atoms with Crippen molar-refractivity contribution in [2.45, 2.75) is 260 Å². The Morgan fingerprint density at radius 2 is 0.879 bits per heavy atom. The molecule has 3 rings (SSSR count). The van der Waals surface area contributed by atoms with Crippen LogP contribution in [0.25, 0.3) is 11.3 Å². The maximum Gasteiger partial charge on any atom is 0.407 e. The monoisotopic (exact) mass is 1980 g/mol. The molecule has 39 heteroatoms. The van der Waals surface area contributed by atoms with Crippen molar-refractivity contribution >= 4 is 94.0 Å². The minimum Gasteiger partial charge on any atom is -0.460 e. The number of aromatic nitrogens is 3. The molecule has 0 aliphatic rings. The summed E-state index contributed by atoms with van der Waals surface area (Å²) in [7, 11) is 0. The van der Waals surface area contributed by atoms with E-state index in [1.165, 1.54) is 9.13 Å². The smallest absolute Gasteiger partial charge is 0.407 e. The molecule has 0 fully saturated rings. The number of ether oxygens (including phenoxy) is 15. The van der Waals surface area contributed by atoms with E-state index in [-0.39, 0.29) is 120 Å². The van der Waals surface area contributed by atoms with Crippen LogP contribution in [0.4, 0.5) is 20.1 Å².